The molecule has 0 aromatic heterocycles. The van der Waals surface area contributed by atoms with Crippen LogP contribution in [0.25, 0.3) is 0 Å². The van der Waals surface area contributed by atoms with E-state index in [1.807, 2.05) is 12.2 Å². The number of hydrogen-bond donors (Lipinski definition) is 0. The molecule has 2 saturated carbocycles. The van der Waals surface area contributed by atoms with Gasteiger partial charge in [-0.15, -0.1) is 0 Å². The highest BCUT2D eigenvalue weighted by atomic mass is 19.1. The Bertz CT molecular complexity index is 929. The van der Waals surface area contributed by atoms with E-state index < -0.39 is 0 Å². The molecule has 0 saturated heterocycles. The second-order valence-electron chi connectivity index (χ2n) is 10.7. The molecule has 12 atom stereocenters. The van der Waals surface area contributed by atoms with Gasteiger partial charge in [0.2, 0.25) is 0 Å². The van der Waals surface area contributed by atoms with Gasteiger partial charge in [-0.2, -0.15) is 0 Å². The molecule has 2 unspecified atom stereocenters. The normalized spacial score (nSPS) is 43.5. The Morgan fingerprint density at radius 2 is 1.28 bits per heavy atom. The van der Waals surface area contributed by atoms with E-state index in [0.29, 0.717) is 60.3 Å². The number of esters is 2. The van der Waals surface area contributed by atoms with Crippen molar-refractivity contribution < 1.29 is 29.6 Å². The van der Waals surface area contributed by atoms with E-state index in [0.717, 1.165) is 6.42 Å². The van der Waals surface area contributed by atoms with Crippen LogP contribution in [0.3, 0.4) is 0 Å². The van der Waals surface area contributed by atoms with Crippen LogP contribution >= 0.6 is 0 Å². The minimum Gasteiger partial charge on any atom is -0.458 e. The van der Waals surface area contributed by atoms with E-state index in [9.17, 15) is 18.8 Å². The number of ketones is 1. The van der Waals surface area contributed by atoms with Crippen molar-refractivity contribution in [2.45, 2.75) is 53.7 Å². The van der Waals surface area contributed by atoms with Gasteiger partial charge >= 0.3 is 11.9 Å². The van der Waals surface area contributed by atoms with Crippen LogP contribution < -0.4 is 0 Å². The number of halogens is 1. The largest absolute Gasteiger partial charge is 0.458 e. The molecule has 0 amide bonds. The van der Waals surface area contributed by atoms with Crippen LogP contribution in [0.2, 0.25) is 0 Å². The standard InChI is InChI=1S/C16H20O4.C12H14O.CH3F.CH4/c1-8-11-4-5-12(8)16-14(20-10(3)18)7-6-13(15(11)16)19-9(2)17;1-7-8-5-6-9(7)12-10(8)3-2-4-11(12)13;1-2;/h4-8,11-16H,1-3H3;2,4-10,12H,3H2,1H3;1H3;1H4/t8?,11-,12+,13+,14-,15+,16-;7?,8-,9+,10-,12+;;/m.0../s1/i;;;1D. The summed E-state index contributed by atoms with van der Waals surface area (Å²) in [6, 6.07) is 0. The van der Waals surface area contributed by atoms with E-state index in [2.05, 4.69) is 44.2 Å². The molecule has 5 nitrogen and oxygen atoms in total. The lowest BCUT2D eigenvalue weighted by Gasteiger charge is -2.39. The van der Waals surface area contributed by atoms with Crippen LogP contribution in [0.15, 0.2) is 48.6 Å². The lowest BCUT2D eigenvalue weighted by molar-refractivity contribution is -0.155. The van der Waals surface area contributed by atoms with Crippen molar-refractivity contribution in [1.29, 1.82) is 0 Å². The third kappa shape index (κ3) is 4.76. The fourth-order valence-corrected chi connectivity index (χ4v) is 7.83. The maximum absolute atomic E-state index is 11.7. The maximum Gasteiger partial charge on any atom is 0.303 e. The van der Waals surface area contributed by atoms with E-state index in [1.54, 1.807) is 6.08 Å². The highest BCUT2D eigenvalue weighted by Gasteiger charge is 2.57. The van der Waals surface area contributed by atoms with Gasteiger partial charge in [-0.05, 0) is 66.1 Å². The van der Waals surface area contributed by atoms with Gasteiger partial charge in [-0.1, -0.05) is 51.6 Å². The molecule has 198 valence electrons. The fraction of sp³-hybridized carbons (Fsp3) is 0.633. The first-order valence-corrected chi connectivity index (χ1v) is 12.8. The smallest absolute Gasteiger partial charge is 0.303 e. The Labute approximate surface area is 216 Å². The summed E-state index contributed by atoms with van der Waals surface area (Å²) in [6.07, 6.45) is 17.4. The zero-order valence-corrected chi connectivity index (χ0v) is 22.2. The van der Waals surface area contributed by atoms with Gasteiger partial charge in [0.25, 0.3) is 0 Å². The minimum absolute atomic E-state index is 0.202. The summed E-state index contributed by atoms with van der Waals surface area (Å²) < 4.78 is 26.2. The van der Waals surface area contributed by atoms with Gasteiger partial charge in [0.15, 0.2) is 5.78 Å². The van der Waals surface area contributed by atoms with Crippen LogP contribution in [0.1, 0.15) is 42.9 Å². The molecular weight excluding hydrogens is 459 g/mol. The number of fused-ring (bicyclic) bond motifs is 10. The monoisotopic (exact) mass is 501 g/mol. The summed E-state index contributed by atoms with van der Waals surface area (Å²) in [7, 11) is 1.75. The molecule has 0 aromatic carbocycles. The van der Waals surface area contributed by atoms with Crippen LogP contribution in [0, 0.1) is 59.2 Å². The molecule has 0 N–H and O–H groups in total. The third-order valence-electron chi connectivity index (χ3n) is 9.12. The van der Waals surface area contributed by atoms with Gasteiger partial charge < -0.3 is 9.47 Å². The summed E-state index contributed by atoms with van der Waals surface area (Å²) in [4.78, 5) is 34.3. The molecule has 6 aliphatic carbocycles. The van der Waals surface area contributed by atoms with Gasteiger partial charge in [0, 0.05) is 33.0 Å². The first kappa shape index (κ1) is 26.6. The van der Waals surface area contributed by atoms with Crippen LogP contribution in [-0.4, -0.2) is 37.1 Å². The third-order valence-corrected chi connectivity index (χ3v) is 9.12. The van der Waals surface area contributed by atoms with Crippen molar-refractivity contribution >= 4 is 17.7 Å². The molecule has 0 radical (unpaired) electrons. The Hall–Kier alpha value is -2.50. The van der Waals surface area contributed by atoms with Crippen LogP contribution in [0.5, 0.6) is 0 Å². The number of carbonyl (C=O) groups excluding carboxylic acids is 3. The van der Waals surface area contributed by atoms with Crippen LogP contribution in [0.4, 0.5) is 4.39 Å². The minimum atomic E-state index is -0.260. The topological polar surface area (TPSA) is 69.7 Å². The number of ether oxygens (including phenoxy) is 2. The fourth-order valence-electron chi connectivity index (χ4n) is 7.83. The number of carbonyl (C=O) groups is 3. The highest BCUT2D eigenvalue weighted by molar-refractivity contribution is 5.93. The van der Waals surface area contributed by atoms with Gasteiger partial charge in [0.1, 0.15) is 12.2 Å². The molecule has 6 rings (SSSR count). The average molecular weight is 502 g/mol. The zero-order chi connectivity index (χ0) is 27.4. The number of rotatable bonds is 2. The summed E-state index contributed by atoms with van der Waals surface area (Å²) in [5, 5.41) is 0. The summed E-state index contributed by atoms with van der Waals surface area (Å²) in [5.41, 5.74) is 0. The van der Waals surface area contributed by atoms with Crippen molar-refractivity contribution in [3.8, 4) is 0 Å². The molecule has 36 heavy (non-hydrogen) atoms. The quantitative estimate of drug-likeness (QED) is 0.368. The van der Waals surface area contributed by atoms with Crippen molar-refractivity contribution in [1.82, 2.24) is 0 Å². The SMILES string of the molecule is CC(=O)O[C@H]1C=C[C@@H](OC(C)=O)[C@@H]2[C@H]1[C@@H]1C=C[C@H]2C1C.CC1[C@H]2C=C[C@@H]1[C@@H]1CC=CC(=O)[C@@H]12.CF.[2H]C. The van der Waals surface area contributed by atoms with Crippen molar-refractivity contribution in [2.24, 2.45) is 59.2 Å². The van der Waals surface area contributed by atoms with Crippen molar-refractivity contribution in [3.63, 3.8) is 0 Å². The number of alkyl halides is 1. The van der Waals surface area contributed by atoms with Gasteiger partial charge in [-0.3, -0.25) is 18.8 Å². The predicted octanol–water partition coefficient (Wildman–Crippen LogP) is 5.53. The molecule has 6 heteroatoms. The van der Waals surface area contributed by atoms with Crippen LogP contribution in [-0.2, 0) is 23.9 Å². The molecule has 6 aliphatic rings. The molecule has 2 fully saturated rings. The van der Waals surface area contributed by atoms with Gasteiger partial charge in [-0.25, -0.2) is 0 Å². The van der Waals surface area contributed by atoms with E-state index in [1.165, 1.54) is 21.3 Å². The Morgan fingerprint density at radius 1 is 0.833 bits per heavy atom. The molecule has 0 aliphatic heterocycles. The predicted molar refractivity (Wildman–Crippen MR) is 137 cm³/mol. The molecule has 0 spiro atoms. The average Bonchev–Trinajstić information content (AvgIpc) is 3.60. The van der Waals surface area contributed by atoms with E-state index >= 15 is 0 Å². The summed E-state index contributed by atoms with van der Waals surface area (Å²) >= 11 is 0. The lowest BCUT2D eigenvalue weighted by atomic mass is 9.73. The molecular formula is C30H41FO5. The second-order valence-corrected chi connectivity index (χ2v) is 10.7. The highest BCUT2D eigenvalue weighted by Crippen LogP contribution is 2.57. The van der Waals surface area contributed by atoms with E-state index in [4.69, 9.17) is 10.8 Å². The summed E-state index contributed by atoms with van der Waals surface area (Å²) in [6.45, 7) is 7.39. The molecule has 0 aromatic rings. The lowest BCUT2D eigenvalue weighted by Crippen LogP contribution is -2.43. The first-order valence-electron chi connectivity index (χ1n) is 13.8. The number of allylic oxidation sites excluding steroid dienone is 6. The number of hydrogen-bond acceptors (Lipinski definition) is 5. The maximum atomic E-state index is 11.7. The summed E-state index contributed by atoms with van der Waals surface area (Å²) in [5.74, 6) is 4.51. The zero-order valence-electron chi connectivity index (χ0n) is 23.2. The van der Waals surface area contributed by atoms with E-state index in [-0.39, 0.29) is 36.0 Å². The first-order chi connectivity index (χ1) is 17.8. The van der Waals surface area contributed by atoms with Crippen molar-refractivity contribution in [3.05, 3.63) is 48.6 Å². The second kappa shape index (κ2) is 11.3. The Kier molecular flexibility index (Phi) is 8.31. The Balaban J connectivity index is 0.000000193. The van der Waals surface area contributed by atoms with Gasteiger partial charge in [0.05, 0.1) is 7.18 Å². The Morgan fingerprint density at radius 3 is 1.75 bits per heavy atom. The van der Waals surface area contributed by atoms with Crippen molar-refractivity contribution in [2.75, 3.05) is 7.18 Å². The molecule has 0 heterocycles. The molecule has 4 bridgehead atoms.